The van der Waals surface area contributed by atoms with Crippen LogP contribution in [0.2, 0.25) is 0 Å². The van der Waals surface area contributed by atoms with Gasteiger partial charge in [0.25, 0.3) is 5.69 Å². The number of ketones is 1. The molecule has 94 valence electrons. The molecule has 6 heteroatoms. The van der Waals surface area contributed by atoms with Crippen LogP contribution >= 0.6 is 0 Å². The van der Waals surface area contributed by atoms with E-state index in [1.807, 2.05) is 0 Å². The number of rotatable bonds is 4. The molecule has 0 unspecified atom stereocenters. The summed E-state index contributed by atoms with van der Waals surface area (Å²) in [5.41, 5.74) is 0.324. The number of hydrogen-bond donors (Lipinski definition) is 1. The Labute approximate surface area is 103 Å². The van der Waals surface area contributed by atoms with Crippen LogP contribution in [0.1, 0.15) is 13.8 Å². The third-order valence-electron chi connectivity index (χ3n) is 2.15. The van der Waals surface area contributed by atoms with E-state index in [1.165, 1.54) is 38.3 Å². The van der Waals surface area contributed by atoms with Gasteiger partial charge in [-0.05, 0) is 19.9 Å². The monoisotopic (exact) mass is 248 g/mol. The number of hydrogen-bond acceptors (Lipinski definition) is 5. The molecule has 0 fully saturated rings. The first-order valence-corrected chi connectivity index (χ1v) is 5.11. The van der Waals surface area contributed by atoms with E-state index in [-0.39, 0.29) is 22.8 Å². The van der Waals surface area contributed by atoms with Gasteiger partial charge in [-0.25, -0.2) is 0 Å². The van der Waals surface area contributed by atoms with Crippen molar-refractivity contribution in [3.63, 3.8) is 0 Å². The normalized spacial score (nSPS) is 12.3. The van der Waals surface area contributed by atoms with E-state index in [4.69, 9.17) is 0 Å². The molecule has 1 aromatic rings. The molecule has 0 bridgehead atoms. The van der Waals surface area contributed by atoms with Crippen molar-refractivity contribution in [1.29, 1.82) is 0 Å². The van der Waals surface area contributed by atoms with E-state index in [9.17, 15) is 20.0 Å². The van der Waals surface area contributed by atoms with Crippen LogP contribution in [0.3, 0.4) is 0 Å². The van der Waals surface area contributed by atoms with Gasteiger partial charge in [0, 0.05) is 18.3 Å². The Morgan fingerprint density at radius 1 is 1.44 bits per heavy atom. The lowest BCUT2D eigenvalue weighted by Crippen LogP contribution is -2.01. The third-order valence-corrected chi connectivity index (χ3v) is 2.15. The lowest BCUT2D eigenvalue weighted by molar-refractivity contribution is -0.384. The molecule has 0 aromatic heterocycles. The van der Waals surface area contributed by atoms with Gasteiger partial charge >= 0.3 is 0 Å². The zero-order valence-electron chi connectivity index (χ0n) is 9.95. The van der Waals surface area contributed by atoms with E-state index < -0.39 is 4.92 Å². The summed E-state index contributed by atoms with van der Waals surface area (Å²) >= 11 is 0. The molecule has 6 nitrogen and oxygen atoms in total. The number of nitrogens with zero attached hydrogens (tertiary/aromatic N) is 2. The molecule has 0 radical (unpaired) electrons. The fourth-order valence-electron chi connectivity index (χ4n) is 1.27. The first kappa shape index (κ1) is 13.6. The highest BCUT2D eigenvalue weighted by atomic mass is 16.6. The van der Waals surface area contributed by atoms with Gasteiger partial charge < -0.3 is 5.11 Å². The van der Waals surface area contributed by atoms with E-state index in [1.54, 1.807) is 6.07 Å². The largest absolute Gasteiger partial charge is 0.512 e. The summed E-state index contributed by atoms with van der Waals surface area (Å²) in [5.74, 6) is -0.471. The highest BCUT2D eigenvalue weighted by Gasteiger charge is 2.07. The molecular formula is C12H12N2O4. The zero-order valence-corrected chi connectivity index (χ0v) is 9.95. The van der Waals surface area contributed by atoms with E-state index in [0.29, 0.717) is 5.69 Å². The molecular weight excluding hydrogens is 236 g/mol. The molecule has 0 heterocycles. The summed E-state index contributed by atoms with van der Waals surface area (Å²) in [6.45, 7) is 2.67. The number of nitro groups is 1. The molecule has 0 saturated carbocycles. The van der Waals surface area contributed by atoms with Crippen molar-refractivity contribution in [2.75, 3.05) is 0 Å². The molecule has 1 rings (SSSR count). The summed E-state index contributed by atoms with van der Waals surface area (Å²) in [4.78, 5) is 25.1. The van der Waals surface area contributed by atoms with Crippen LogP contribution in [-0.4, -0.2) is 22.0 Å². The molecule has 0 aliphatic heterocycles. The third kappa shape index (κ3) is 3.51. The Balaban J connectivity index is 3.04. The lowest BCUT2D eigenvalue weighted by atomic mass is 10.2. The molecule has 1 aromatic carbocycles. The van der Waals surface area contributed by atoms with Crippen LogP contribution < -0.4 is 0 Å². The average molecular weight is 248 g/mol. The Kier molecular flexibility index (Phi) is 4.31. The standard InChI is InChI=1S/C12H12N2O4/c1-8(15)12(9(2)16)7-13-10-4-3-5-11(6-10)14(17)18/h3-7,15H,1-2H3. The summed E-state index contributed by atoms with van der Waals surface area (Å²) in [6, 6.07) is 5.68. The second-order valence-electron chi connectivity index (χ2n) is 3.59. The van der Waals surface area contributed by atoms with E-state index >= 15 is 0 Å². The quantitative estimate of drug-likeness (QED) is 0.291. The molecule has 0 atom stereocenters. The number of benzene rings is 1. The number of Topliss-reactive ketones (excluding diaryl/α,β-unsaturated/α-hetero) is 1. The molecule has 0 aliphatic carbocycles. The summed E-state index contributed by atoms with van der Waals surface area (Å²) < 4.78 is 0. The van der Waals surface area contributed by atoms with Crippen molar-refractivity contribution in [2.24, 2.45) is 4.99 Å². The zero-order chi connectivity index (χ0) is 13.7. The minimum atomic E-state index is -0.530. The van der Waals surface area contributed by atoms with Gasteiger partial charge in [-0.3, -0.25) is 19.9 Å². The molecule has 18 heavy (non-hydrogen) atoms. The minimum Gasteiger partial charge on any atom is -0.512 e. The number of carbonyl (C=O) groups is 1. The van der Waals surface area contributed by atoms with Gasteiger partial charge in [-0.1, -0.05) is 6.07 Å². The van der Waals surface area contributed by atoms with Crippen molar-refractivity contribution >= 4 is 23.4 Å². The SMILES string of the molecule is CC(=O)C(C=Nc1cccc([N+](=O)[O-])c1)=C(C)O. The maximum Gasteiger partial charge on any atom is 0.271 e. The van der Waals surface area contributed by atoms with Crippen molar-refractivity contribution in [1.82, 2.24) is 0 Å². The molecule has 0 amide bonds. The maximum atomic E-state index is 11.2. The number of aliphatic hydroxyl groups excluding tert-OH is 1. The minimum absolute atomic E-state index is 0.0708. The van der Waals surface area contributed by atoms with Crippen LogP contribution in [0.5, 0.6) is 0 Å². The Hall–Kier alpha value is -2.50. The highest BCUT2D eigenvalue weighted by Crippen LogP contribution is 2.19. The van der Waals surface area contributed by atoms with E-state index in [2.05, 4.69) is 4.99 Å². The fourth-order valence-corrected chi connectivity index (χ4v) is 1.27. The highest BCUT2D eigenvalue weighted by molar-refractivity contribution is 6.12. The van der Waals surface area contributed by atoms with Crippen molar-refractivity contribution in [3.05, 3.63) is 45.7 Å². The van der Waals surface area contributed by atoms with Crippen molar-refractivity contribution in [2.45, 2.75) is 13.8 Å². The van der Waals surface area contributed by atoms with Crippen LogP contribution in [0.25, 0.3) is 0 Å². The van der Waals surface area contributed by atoms with Gasteiger partial charge in [0.1, 0.15) is 5.76 Å². The first-order valence-electron chi connectivity index (χ1n) is 5.11. The number of allylic oxidation sites excluding steroid dienone is 2. The van der Waals surface area contributed by atoms with Crippen LogP contribution in [0.15, 0.2) is 40.6 Å². The smallest absolute Gasteiger partial charge is 0.271 e. The van der Waals surface area contributed by atoms with E-state index in [0.717, 1.165) is 0 Å². The van der Waals surface area contributed by atoms with Gasteiger partial charge in [0.15, 0.2) is 5.78 Å². The van der Waals surface area contributed by atoms with Gasteiger partial charge in [-0.15, -0.1) is 0 Å². The summed E-state index contributed by atoms with van der Waals surface area (Å²) in [6.07, 6.45) is 1.19. The Morgan fingerprint density at radius 3 is 2.61 bits per heavy atom. The maximum absolute atomic E-state index is 11.2. The number of carbonyl (C=O) groups excluding carboxylic acids is 1. The topological polar surface area (TPSA) is 92.8 Å². The number of aliphatic imine (C=N–C) groups is 1. The summed E-state index contributed by atoms with van der Waals surface area (Å²) in [7, 11) is 0. The second kappa shape index (κ2) is 5.72. The van der Waals surface area contributed by atoms with Crippen LogP contribution in [0, 0.1) is 10.1 Å². The van der Waals surface area contributed by atoms with Crippen LogP contribution in [0.4, 0.5) is 11.4 Å². The fraction of sp³-hybridized carbons (Fsp3) is 0.167. The lowest BCUT2D eigenvalue weighted by Gasteiger charge is -1.98. The summed E-state index contributed by atoms with van der Waals surface area (Å²) in [5, 5.41) is 19.8. The predicted molar refractivity (Wildman–Crippen MR) is 67.3 cm³/mol. The number of non-ortho nitro benzene ring substituents is 1. The molecule has 0 saturated heterocycles. The molecule has 0 aliphatic rings. The predicted octanol–water partition coefficient (Wildman–Crippen LogP) is 2.72. The van der Waals surface area contributed by atoms with Gasteiger partial charge in [0.05, 0.1) is 16.2 Å². The molecule has 0 spiro atoms. The van der Waals surface area contributed by atoms with Gasteiger partial charge in [0.2, 0.25) is 0 Å². The Bertz CT molecular complexity index is 543. The number of nitro benzene ring substituents is 1. The van der Waals surface area contributed by atoms with Gasteiger partial charge in [-0.2, -0.15) is 0 Å². The van der Waals surface area contributed by atoms with Crippen LogP contribution in [-0.2, 0) is 4.79 Å². The number of aliphatic hydroxyl groups is 1. The Morgan fingerprint density at radius 2 is 2.11 bits per heavy atom. The first-order chi connectivity index (χ1) is 8.41. The molecule has 1 N–H and O–H groups in total. The second-order valence-corrected chi connectivity index (χ2v) is 3.59. The average Bonchev–Trinajstić information content (AvgIpc) is 2.28. The van der Waals surface area contributed by atoms with Crippen molar-refractivity contribution in [3.8, 4) is 0 Å². The van der Waals surface area contributed by atoms with Crippen molar-refractivity contribution < 1.29 is 14.8 Å².